The van der Waals surface area contributed by atoms with E-state index in [9.17, 15) is 4.79 Å². The van der Waals surface area contributed by atoms with Crippen molar-refractivity contribution in [1.82, 2.24) is 20.0 Å². The second kappa shape index (κ2) is 5.83. The van der Waals surface area contributed by atoms with Crippen molar-refractivity contribution in [2.75, 3.05) is 26.0 Å². The molecule has 0 spiro atoms. The predicted octanol–water partition coefficient (Wildman–Crippen LogP) is 1.72. The molecule has 6 heteroatoms. The number of nitrogens with one attached hydrogen (secondary N) is 2. The summed E-state index contributed by atoms with van der Waals surface area (Å²) >= 11 is 0. The third-order valence-electron chi connectivity index (χ3n) is 4.30. The van der Waals surface area contributed by atoms with Gasteiger partial charge in [0.2, 0.25) is 0 Å². The summed E-state index contributed by atoms with van der Waals surface area (Å²) in [7, 11) is 6.01. The van der Waals surface area contributed by atoms with Crippen LogP contribution in [0.3, 0.4) is 0 Å². The van der Waals surface area contributed by atoms with Gasteiger partial charge in [0.25, 0.3) is 0 Å². The Bertz CT molecular complexity index is 474. The molecule has 1 heterocycles. The molecule has 0 bridgehead atoms. The number of likely N-dealkylation sites (N-methyl/N-ethyl adjacent to an activating group) is 1. The summed E-state index contributed by atoms with van der Waals surface area (Å²) < 4.78 is 1.67. The predicted molar refractivity (Wildman–Crippen MR) is 79.9 cm³/mol. The van der Waals surface area contributed by atoms with Crippen molar-refractivity contribution in [3.63, 3.8) is 0 Å². The molecule has 1 fully saturated rings. The molecule has 112 valence electrons. The van der Waals surface area contributed by atoms with Gasteiger partial charge in [-0.1, -0.05) is 12.8 Å². The topological polar surface area (TPSA) is 62.2 Å². The zero-order valence-corrected chi connectivity index (χ0v) is 12.9. The molecule has 1 aliphatic rings. The van der Waals surface area contributed by atoms with Gasteiger partial charge in [-0.05, 0) is 33.9 Å². The third kappa shape index (κ3) is 3.12. The second-order valence-electron chi connectivity index (χ2n) is 5.93. The van der Waals surface area contributed by atoms with Crippen molar-refractivity contribution in [1.29, 1.82) is 0 Å². The number of anilines is 1. The number of hydrogen-bond donors (Lipinski definition) is 2. The smallest absolute Gasteiger partial charge is 0.320 e. The number of carbonyl (C=O) groups excluding carboxylic acids is 1. The van der Waals surface area contributed by atoms with Gasteiger partial charge in [0.1, 0.15) is 5.82 Å². The number of urea groups is 1. The van der Waals surface area contributed by atoms with Crippen LogP contribution >= 0.6 is 0 Å². The molecule has 0 radical (unpaired) electrons. The molecule has 0 unspecified atom stereocenters. The largest absolute Gasteiger partial charge is 0.336 e. The maximum atomic E-state index is 12.0. The van der Waals surface area contributed by atoms with E-state index in [-0.39, 0.29) is 11.6 Å². The summed E-state index contributed by atoms with van der Waals surface area (Å²) in [6.07, 6.45) is 4.76. The Kier molecular flexibility index (Phi) is 4.32. The van der Waals surface area contributed by atoms with Crippen molar-refractivity contribution < 1.29 is 4.79 Å². The average Bonchev–Trinajstić information content (AvgIpc) is 2.95. The molecule has 1 aliphatic carbocycles. The fraction of sp³-hybridized carbons (Fsp3) is 0.714. The lowest BCUT2D eigenvalue weighted by Gasteiger charge is -2.36. The van der Waals surface area contributed by atoms with Gasteiger partial charge in [0.15, 0.2) is 0 Å². The van der Waals surface area contributed by atoms with Crippen molar-refractivity contribution in [3.05, 3.63) is 11.8 Å². The lowest BCUT2D eigenvalue weighted by molar-refractivity contribution is 0.156. The highest BCUT2D eigenvalue weighted by Gasteiger charge is 2.36. The molecule has 1 aromatic rings. The molecule has 6 nitrogen and oxygen atoms in total. The van der Waals surface area contributed by atoms with E-state index in [4.69, 9.17) is 0 Å². The average molecular weight is 279 g/mol. The molecule has 0 aliphatic heterocycles. The SMILES string of the molecule is Cc1cc(NC(=O)NCC2(N(C)C)CCCC2)n(C)n1. The Morgan fingerprint density at radius 3 is 2.60 bits per heavy atom. The van der Waals surface area contributed by atoms with Crippen LogP contribution in [0.25, 0.3) is 0 Å². The van der Waals surface area contributed by atoms with Crippen molar-refractivity contribution in [3.8, 4) is 0 Å². The lowest BCUT2D eigenvalue weighted by atomic mass is 9.96. The number of rotatable bonds is 4. The summed E-state index contributed by atoms with van der Waals surface area (Å²) in [5.74, 6) is 0.713. The maximum Gasteiger partial charge on any atom is 0.320 e. The second-order valence-corrected chi connectivity index (χ2v) is 5.93. The molecule has 20 heavy (non-hydrogen) atoms. The highest BCUT2D eigenvalue weighted by molar-refractivity contribution is 5.88. The summed E-state index contributed by atoms with van der Waals surface area (Å²) in [5, 5.41) is 10.1. The quantitative estimate of drug-likeness (QED) is 0.882. The van der Waals surface area contributed by atoms with Gasteiger partial charge in [-0.2, -0.15) is 5.10 Å². The molecular formula is C14H25N5O. The minimum absolute atomic E-state index is 0.111. The first-order valence-corrected chi connectivity index (χ1v) is 7.16. The molecule has 0 aromatic carbocycles. The fourth-order valence-electron chi connectivity index (χ4n) is 2.95. The van der Waals surface area contributed by atoms with Crippen LogP contribution in [0.5, 0.6) is 0 Å². The number of amides is 2. The highest BCUT2D eigenvalue weighted by atomic mass is 16.2. The molecule has 2 rings (SSSR count). The first kappa shape index (κ1) is 14.8. The van der Waals surface area contributed by atoms with E-state index in [2.05, 4.69) is 34.7 Å². The summed E-state index contributed by atoms with van der Waals surface area (Å²) in [6, 6.07) is 1.69. The van der Waals surface area contributed by atoms with Crippen molar-refractivity contribution >= 4 is 11.8 Å². The standard InChI is InChI=1S/C14H25N5O/c1-11-9-12(19(4)17-11)16-13(20)15-10-14(18(2)3)7-5-6-8-14/h9H,5-8,10H2,1-4H3,(H2,15,16,20). The number of hydrogen-bond acceptors (Lipinski definition) is 3. The van der Waals surface area contributed by atoms with E-state index < -0.39 is 0 Å². The van der Waals surface area contributed by atoms with Gasteiger partial charge in [0.05, 0.1) is 5.69 Å². The van der Waals surface area contributed by atoms with E-state index >= 15 is 0 Å². The zero-order valence-electron chi connectivity index (χ0n) is 12.9. The van der Waals surface area contributed by atoms with Crippen LogP contribution in [-0.4, -0.2) is 46.9 Å². The van der Waals surface area contributed by atoms with Gasteiger partial charge < -0.3 is 10.2 Å². The Morgan fingerprint density at radius 2 is 2.10 bits per heavy atom. The molecule has 1 aromatic heterocycles. The van der Waals surface area contributed by atoms with Crippen LogP contribution in [0.1, 0.15) is 31.4 Å². The molecular weight excluding hydrogens is 254 g/mol. The van der Waals surface area contributed by atoms with Gasteiger partial charge in [-0.3, -0.25) is 10.00 Å². The Labute approximate surface area is 120 Å². The number of aryl methyl sites for hydroxylation is 2. The Morgan fingerprint density at radius 1 is 1.45 bits per heavy atom. The van der Waals surface area contributed by atoms with E-state index in [0.29, 0.717) is 12.4 Å². The van der Waals surface area contributed by atoms with Gasteiger partial charge >= 0.3 is 6.03 Å². The molecule has 0 saturated heterocycles. The summed E-state index contributed by atoms with van der Waals surface area (Å²) in [5.41, 5.74) is 1.00. The first-order chi connectivity index (χ1) is 9.43. The molecule has 0 atom stereocenters. The molecule has 2 N–H and O–H groups in total. The third-order valence-corrected chi connectivity index (χ3v) is 4.30. The minimum Gasteiger partial charge on any atom is -0.336 e. The maximum absolute atomic E-state index is 12.0. The van der Waals surface area contributed by atoms with Crippen LogP contribution in [0.2, 0.25) is 0 Å². The molecule has 2 amide bonds. The fourth-order valence-corrected chi connectivity index (χ4v) is 2.95. The molecule has 1 saturated carbocycles. The number of carbonyl (C=O) groups is 1. The highest BCUT2D eigenvalue weighted by Crippen LogP contribution is 2.33. The Balaban J connectivity index is 1.90. The van der Waals surface area contributed by atoms with Crippen LogP contribution < -0.4 is 10.6 Å². The number of aromatic nitrogens is 2. The minimum atomic E-state index is -0.166. The lowest BCUT2D eigenvalue weighted by Crippen LogP contribution is -2.51. The summed E-state index contributed by atoms with van der Waals surface area (Å²) in [6.45, 7) is 2.59. The van der Waals surface area contributed by atoms with Gasteiger partial charge in [-0.25, -0.2) is 4.79 Å². The van der Waals surface area contributed by atoms with E-state index in [1.165, 1.54) is 12.8 Å². The van der Waals surface area contributed by atoms with Gasteiger partial charge in [0, 0.05) is 25.2 Å². The van der Waals surface area contributed by atoms with E-state index in [1.807, 2.05) is 20.0 Å². The van der Waals surface area contributed by atoms with Crippen LogP contribution in [0.15, 0.2) is 6.07 Å². The monoisotopic (exact) mass is 279 g/mol. The van der Waals surface area contributed by atoms with Crippen molar-refractivity contribution in [2.45, 2.75) is 38.1 Å². The van der Waals surface area contributed by atoms with Crippen LogP contribution in [0.4, 0.5) is 10.6 Å². The first-order valence-electron chi connectivity index (χ1n) is 7.16. The summed E-state index contributed by atoms with van der Waals surface area (Å²) in [4.78, 5) is 14.3. The van der Waals surface area contributed by atoms with Crippen molar-refractivity contribution in [2.24, 2.45) is 7.05 Å². The Hall–Kier alpha value is -1.56. The van der Waals surface area contributed by atoms with E-state index in [0.717, 1.165) is 18.5 Å². The zero-order chi connectivity index (χ0) is 14.8. The normalized spacial score (nSPS) is 17.4. The number of nitrogens with zero attached hydrogens (tertiary/aromatic N) is 3. The van der Waals surface area contributed by atoms with Crippen LogP contribution in [0, 0.1) is 6.92 Å². The van der Waals surface area contributed by atoms with Gasteiger partial charge in [-0.15, -0.1) is 0 Å². The van der Waals surface area contributed by atoms with E-state index in [1.54, 1.807) is 4.68 Å². The van der Waals surface area contributed by atoms with Crippen LogP contribution in [-0.2, 0) is 7.05 Å².